The summed E-state index contributed by atoms with van der Waals surface area (Å²) in [6, 6.07) is 3.93. The second-order valence-electron chi connectivity index (χ2n) is 4.21. The molecule has 0 aliphatic heterocycles. The molecular weight excluding hydrogens is 262 g/mol. The molecule has 0 unspecified atom stereocenters. The Hall–Kier alpha value is -2.15. The maximum absolute atomic E-state index is 5.65. The number of rotatable bonds is 4. The number of hydrogen-bond acceptors (Lipinski definition) is 6. The Balaban J connectivity index is 1.74. The minimum Gasteiger partial charge on any atom is -0.418 e. The summed E-state index contributed by atoms with van der Waals surface area (Å²) in [7, 11) is 3.85. The smallest absolute Gasteiger partial charge is 0.257 e. The van der Waals surface area contributed by atoms with Gasteiger partial charge in [-0.25, -0.2) is 0 Å². The molecule has 0 spiro atoms. The van der Waals surface area contributed by atoms with Gasteiger partial charge in [0, 0.05) is 20.3 Å². The van der Waals surface area contributed by atoms with Crippen molar-refractivity contribution in [3.8, 4) is 10.8 Å². The van der Waals surface area contributed by atoms with E-state index < -0.39 is 0 Å². The molecule has 0 amide bonds. The fourth-order valence-corrected chi connectivity index (χ4v) is 2.36. The molecule has 3 heterocycles. The van der Waals surface area contributed by atoms with Crippen LogP contribution in [0.2, 0.25) is 0 Å². The van der Waals surface area contributed by atoms with Gasteiger partial charge >= 0.3 is 0 Å². The molecule has 0 radical (unpaired) electrons. The van der Waals surface area contributed by atoms with Crippen LogP contribution >= 0.6 is 11.3 Å². The average Bonchev–Trinajstić information content (AvgIpc) is 3.07. The third-order valence-electron chi connectivity index (χ3n) is 2.70. The summed E-state index contributed by atoms with van der Waals surface area (Å²) in [6.07, 6.45) is 3.74. The highest BCUT2D eigenvalue weighted by molar-refractivity contribution is 7.13. The van der Waals surface area contributed by atoms with Gasteiger partial charge in [-0.15, -0.1) is 21.5 Å². The lowest BCUT2D eigenvalue weighted by atomic mass is 10.4. The van der Waals surface area contributed by atoms with E-state index >= 15 is 0 Å². The van der Waals surface area contributed by atoms with Crippen LogP contribution in [0.3, 0.4) is 0 Å². The van der Waals surface area contributed by atoms with E-state index in [0.29, 0.717) is 18.3 Å². The third kappa shape index (κ3) is 2.50. The molecule has 0 N–H and O–H groups in total. The maximum Gasteiger partial charge on any atom is 0.257 e. The Morgan fingerprint density at radius 2 is 2.32 bits per heavy atom. The Morgan fingerprint density at radius 1 is 1.42 bits per heavy atom. The van der Waals surface area contributed by atoms with Gasteiger partial charge in [0.25, 0.3) is 5.89 Å². The third-order valence-corrected chi connectivity index (χ3v) is 3.56. The first kappa shape index (κ1) is 11.9. The van der Waals surface area contributed by atoms with Gasteiger partial charge in [0.2, 0.25) is 5.89 Å². The van der Waals surface area contributed by atoms with E-state index in [1.54, 1.807) is 22.2 Å². The quantitative estimate of drug-likeness (QED) is 0.730. The molecule has 3 aromatic heterocycles. The Kier molecular flexibility index (Phi) is 3.04. The molecule has 7 heteroatoms. The summed E-state index contributed by atoms with van der Waals surface area (Å²) >= 11 is 1.58. The highest BCUT2D eigenvalue weighted by Gasteiger charge is 2.12. The first-order valence-corrected chi connectivity index (χ1v) is 6.66. The number of anilines is 1. The number of aromatic nitrogens is 4. The molecule has 0 aliphatic rings. The molecule has 0 saturated heterocycles. The van der Waals surface area contributed by atoms with Gasteiger partial charge in [-0.1, -0.05) is 6.07 Å². The minimum atomic E-state index is 0.560. The van der Waals surface area contributed by atoms with E-state index in [1.165, 1.54) is 0 Å². The number of nitrogens with zero attached hydrogens (tertiary/aromatic N) is 5. The van der Waals surface area contributed by atoms with Crippen LogP contribution in [0, 0.1) is 0 Å². The number of thiophene rings is 1. The molecule has 0 aromatic carbocycles. The van der Waals surface area contributed by atoms with Crippen LogP contribution in [0.25, 0.3) is 10.8 Å². The molecular formula is C12H13N5OS. The van der Waals surface area contributed by atoms with Crippen molar-refractivity contribution in [2.24, 2.45) is 7.05 Å². The van der Waals surface area contributed by atoms with Gasteiger partial charge in [-0.2, -0.15) is 5.10 Å². The molecule has 0 aliphatic carbocycles. The van der Waals surface area contributed by atoms with Gasteiger partial charge in [0.05, 0.1) is 23.3 Å². The molecule has 0 fully saturated rings. The highest BCUT2D eigenvalue weighted by atomic mass is 32.1. The normalized spacial score (nSPS) is 10.8. The second-order valence-corrected chi connectivity index (χ2v) is 5.15. The van der Waals surface area contributed by atoms with Gasteiger partial charge in [0.15, 0.2) is 0 Å². The fourth-order valence-electron chi connectivity index (χ4n) is 1.72. The zero-order chi connectivity index (χ0) is 13.2. The van der Waals surface area contributed by atoms with Crippen molar-refractivity contribution in [2.45, 2.75) is 6.54 Å². The Morgan fingerprint density at radius 3 is 3.00 bits per heavy atom. The van der Waals surface area contributed by atoms with Crippen LogP contribution in [0.15, 0.2) is 34.3 Å². The molecule has 6 nitrogen and oxygen atoms in total. The molecule has 3 aromatic rings. The van der Waals surface area contributed by atoms with Gasteiger partial charge < -0.3 is 9.32 Å². The zero-order valence-electron chi connectivity index (χ0n) is 10.6. The first-order chi connectivity index (χ1) is 9.22. The van der Waals surface area contributed by atoms with Gasteiger partial charge in [-0.3, -0.25) is 4.68 Å². The average molecular weight is 275 g/mol. The second kappa shape index (κ2) is 4.85. The topological polar surface area (TPSA) is 60.0 Å². The minimum absolute atomic E-state index is 0.560. The van der Waals surface area contributed by atoms with E-state index in [1.807, 2.05) is 42.7 Å². The van der Waals surface area contributed by atoms with Gasteiger partial charge in [-0.05, 0) is 11.4 Å². The summed E-state index contributed by atoms with van der Waals surface area (Å²) in [5.74, 6) is 1.17. The molecule has 3 rings (SSSR count). The predicted molar refractivity (Wildman–Crippen MR) is 72.9 cm³/mol. The zero-order valence-corrected chi connectivity index (χ0v) is 11.5. The van der Waals surface area contributed by atoms with Crippen molar-refractivity contribution in [1.82, 2.24) is 20.0 Å². The summed E-state index contributed by atoms with van der Waals surface area (Å²) < 4.78 is 7.41. The maximum atomic E-state index is 5.65. The first-order valence-electron chi connectivity index (χ1n) is 5.78. The molecule has 98 valence electrons. The van der Waals surface area contributed by atoms with Crippen molar-refractivity contribution >= 4 is 17.0 Å². The lowest BCUT2D eigenvalue weighted by Crippen LogP contribution is -2.15. The van der Waals surface area contributed by atoms with Crippen molar-refractivity contribution < 1.29 is 4.42 Å². The largest absolute Gasteiger partial charge is 0.418 e. The van der Waals surface area contributed by atoms with E-state index in [4.69, 9.17) is 4.42 Å². The summed E-state index contributed by atoms with van der Waals surface area (Å²) in [5.41, 5.74) is 1.01. The summed E-state index contributed by atoms with van der Waals surface area (Å²) in [6.45, 7) is 0.560. The van der Waals surface area contributed by atoms with E-state index in [2.05, 4.69) is 15.3 Å². The van der Waals surface area contributed by atoms with Crippen molar-refractivity contribution in [2.75, 3.05) is 11.9 Å². The van der Waals surface area contributed by atoms with Crippen LogP contribution in [0.1, 0.15) is 5.89 Å². The summed E-state index contributed by atoms with van der Waals surface area (Å²) in [5, 5.41) is 14.2. The van der Waals surface area contributed by atoms with Crippen molar-refractivity contribution in [3.05, 3.63) is 35.8 Å². The van der Waals surface area contributed by atoms with Crippen LogP contribution in [-0.2, 0) is 13.6 Å². The van der Waals surface area contributed by atoms with E-state index in [0.717, 1.165) is 10.6 Å². The lowest BCUT2D eigenvalue weighted by Gasteiger charge is -2.13. The van der Waals surface area contributed by atoms with Crippen LogP contribution < -0.4 is 4.90 Å². The highest BCUT2D eigenvalue weighted by Crippen LogP contribution is 2.23. The Bertz CT molecular complexity index is 657. The number of hydrogen-bond donors (Lipinski definition) is 0. The number of aryl methyl sites for hydroxylation is 1. The summed E-state index contributed by atoms with van der Waals surface area (Å²) in [4.78, 5) is 3.00. The predicted octanol–water partition coefficient (Wildman–Crippen LogP) is 2.17. The Labute approximate surface area is 114 Å². The fraction of sp³-hybridized carbons (Fsp3) is 0.250. The molecule has 0 saturated carbocycles. The molecule has 0 bridgehead atoms. The van der Waals surface area contributed by atoms with Crippen molar-refractivity contribution in [1.29, 1.82) is 0 Å². The van der Waals surface area contributed by atoms with Crippen LogP contribution in [0.4, 0.5) is 5.69 Å². The van der Waals surface area contributed by atoms with Crippen molar-refractivity contribution in [3.63, 3.8) is 0 Å². The van der Waals surface area contributed by atoms with Crippen LogP contribution in [0.5, 0.6) is 0 Å². The van der Waals surface area contributed by atoms with E-state index in [9.17, 15) is 0 Å². The lowest BCUT2D eigenvalue weighted by molar-refractivity contribution is 0.504. The SMILES string of the molecule is CN(Cc1nnc(-c2cccs2)o1)c1cnn(C)c1. The van der Waals surface area contributed by atoms with E-state index in [-0.39, 0.29) is 0 Å². The van der Waals surface area contributed by atoms with Gasteiger partial charge in [0.1, 0.15) is 0 Å². The standard InChI is InChI=1S/C12H13N5OS/c1-16(9-6-13-17(2)7-9)8-11-14-15-12(18-11)10-4-3-5-19-10/h3-7H,8H2,1-2H3. The monoisotopic (exact) mass is 275 g/mol. The molecule has 0 atom stereocenters. The molecule has 19 heavy (non-hydrogen) atoms. The van der Waals surface area contributed by atoms with Crippen LogP contribution in [-0.4, -0.2) is 27.0 Å².